The van der Waals surface area contributed by atoms with Crippen molar-refractivity contribution in [1.29, 1.82) is 0 Å². The summed E-state index contributed by atoms with van der Waals surface area (Å²) in [6.45, 7) is 3.05. The SMILES string of the molecule is CC(=O)Nc1ccc2c(COC(=O)c3sc(-c4ccccc4)nc3C)cc(=O)oc2c1. The van der Waals surface area contributed by atoms with Crippen LogP contribution in [0.3, 0.4) is 0 Å². The van der Waals surface area contributed by atoms with Crippen molar-refractivity contribution in [1.82, 2.24) is 4.98 Å². The standard InChI is InChI=1S/C23H18N2O5S/c1-13-21(31-22(24-13)15-6-4-3-5-7-15)23(28)29-12-16-10-20(27)30-19-11-17(25-14(2)26)8-9-18(16)19/h3-11H,12H2,1-2H3,(H,25,26). The Balaban J connectivity index is 1.56. The number of fused-ring (bicyclic) bond motifs is 1. The van der Waals surface area contributed by atoms with Gasteiger partial charge < -0.3 is 14.5 Å². The summed E-state index contributed by atoms with van der Waals surface area (Å²) in [5.41, 5.74) is 2.26. The van der Waals surface area contributed by atoms with E-state index in [-0.39, 0.29) is 12.5 Å². The molecule has 0 saturated carbocycles. The number of carbonyl (C=O) groups excluding carboxylic acids is 2. The third kappa shape index (κ3) is 4.54. The number of hydrogen-bond acceptors (Lipinski definition) is 7. The Bertz CT molecular complexity index is 1340. The molecule has 0 aliphatic carbocycles. The molecule has 2 aromatic heterocycles. The van der Waals surface area contributed by atoms with Crippen molar-refractivity contribution in [2.45, 2.75) is 20.5 Å². The van der Waals surface area contributed by atoms with E-state index < -0.39 is 11.6 Å². The van der Waals surface area contributed by atoms with Crippen LogP contribution in [0, 0.1) is 6.92 Å². The quantitative estimate of drug-likeness (QED) is 0.366. The van der Waals surface area contributed by atoms with Crippen LogP contribution in [0.4, 0.5) is 5.69 Å². The molecule has 2 aromatic carbocycles. The number of carbonyl (C=O) groups is 2. The minimum absolute atomic E-state index is 0.0988. The molecule has 8 heteroatoms. The molecule has 31 heavy (non-hydrogen) atoms. The van der Waals surface area contributed by atoms with Crippen molar-refractivity contribution < 1.29 is 18.7 Å². The molecule has 0 saturated heterocycles. The topological polar surface area (TPSA) is 98.5 Å². The highest BCUT2D eigenvalue weighted by Crippen LogP contribution is 2.29. The van der Waals surface area contributed by atoms with E-state index >= 15 is 0 Å². The van der Waals surface area contributed by atoms with Gasteiger partial charge in [-0.05, 0) is 19.1 Å². The van der Waals surface area contributed by atoms with E-state index in [1.807, 2.05) is 30.3 Å². The number of hydrogen-bond donors (Lipinski definition) is 1. The maximum atomic E-state index is 12.7. The predicted molar refractivity (Wildman–Crippen MR) is 118 cm³/mol. The Morgan fingerprint density at radius 2 is 1.90 bits per heavy atom. The number of benzene rings is 2. The first-order valence-electron chi connectivity index (χ1n) is 9.45. The van der Waals surface area contributed by atoms with E-state index in [1.54, 1.807) is 25.1 Å². The zero-order chi connectivity index (χ0) is 22.0. The molecule has 1 amide bonds. The normalized spacial score (nSPS) is 10.8. The summed E-state index contributed by atoms with van der Waals surface area (Å²) in [7, 11) is 0. The van der Waals surface area contributed by atoms with Gasteiger partial charge in [0.1, 0.15) is 22.1 Å². The van der Waals surface area contributed by atoms with Gasteiger partial charge in [-0.2, -0.15) is 0 Å². The van der Waals surface area contributed by atoms with Crippen LogP contribution in [0.25, 0.3) is 21.5 Å². The van der Waals surface area contributed by atoms with Crippen molar-refractivity contribution in [2.75, 3.05) is 5.32 Å². The van der Waals surface area contributed by atoms with Gasteiger partial charge in [0, 0.05) is 41.3 Å². The van der Waals surface area contributed by atoms with Crippen molar-refractivity contribution in [2.24, 2.45) is 0 Å². The van der Waals surface area contributed by atoms with Crippen LogP contribution >= 0.6 is 11.3 Å². The number of aromatic nitrogens is 1. The maximum absolute atomic E-state index is 12.7. The van der Waals surface area contributed by atoms with Crippen molar-refractivity contribution in [3.8, 4) is 10.6 Å². The van der Waals surface area contributed by atoms with Gasteiger partial charge in [-0.15, -0.1) is 11.3 Å². The first-order valence-corrected chi connectivity index (χ1v) is 10.3. The number of amides is 1. The first kappa shape index (κ1) is 20.5. The average Bonchev–Trinajstić information content (AvgIpc) is 3.13. The molecule has 2 heterocycles. The van der Waals surface area contributed by atoms with Gasteiger partial charge in [0.05, 0.1) is 5.69 Å². The summed E-state index contributed by atoms with van der Waals surface area (Å²) in [5.74, 6) is -0.741. The van der Waals surface area contributed by atoms with Gasteiger partial charge in [0.2, 0.25) is 5.91 Å². The highest BCUT2D eigenvalue weighted by Gasteiger charge is 2.18. The number of aryl methyl sites for hydroxylation is 1. The summed E-state index contributed by atoms with van der Waals surface area (Å²) in [6, 6.07) is 15.8. The summed E-state index contributed by atoms with van der Waals surface area (Å²) in [5, 5.41) is 3.99. The lowest BCUT2D eigenvalue weighted by Crippen LogP contribution is -2.08. The highest BCUT2D eigenvalue weighted by molar-refractivity contribution is 7.17. The molecule has 0 aliphatic heterocycles. The number of rotatable bonds is 5. The number of nitrogens with zero attached hydrogens (tertiary/aromatic N) is 1. The summed E-state index contributed by atoms with van der Waals surface area (Å²) < 4.78 is 10.7. The van der Waals surface area contributed by atoms with Gasteiger partial charge in [-0.25, -0.2) is 14.6 Å². The fourth-order valence-electron chi connectivity index (χ4n) is 3.13. The zero-order valence-corrected chi connectivity index (χ0v) is 17.6. The van der Waals surface area contributed by atoms with Crippen LogP contribution in [0.1, 0.15) is 27.9 Å². The number of esters is 1. The van der Waals surface area contributed by atoms with E-state index in [1.165, 1.54) is 24.3 Å². The minimum Gasteiger partial charge on any atom is -0.457 e. The monoisotopic (exact) mass is 434 g/mol. The lowest BCUT2D eigenvalue weighted by Gasteiger charge is -2.08. The number of ether oxygens (including phenoxy) is 1. The smallest absolute Gasteiger partial charge is 0.350 e. The fraction of sp³-hybridized carbons (Fsp3) is 0.130. The van der Waals surface area contributed by atoms with Gasteiger partial charge in [0.25, 0.3) is 0 Å². The molecule has 0 bridgehead atoms. The molecule has 0 fully saturated rings. The lowest BCUT2D eigenvalue weighted by atomic mass is 10.1. The number of anilines is 1. The second-order valence-electron chi connectivity index (χ2n) is 6.86. The Morgan fingerprint density at radius 3 is 2.65 bits per heavy atom. The van der Waals surface area contributed by atoms with Crippen molar-refractivity contribution in [3.05, 3.63) is 81.2 Å². The van der Waals surface area contributed by atoms with E-state index in [4.69, 9.17) is 9.15 Å². The Hall–Kier alpha value is -3.78. The Kier molecular flexibility index (Phi) is 5.64. The largest absolute Gasteiger partial charge is 0.457 e. The van der Waals surface area contributed by atoms with Crippen molar-refractivity contribution in [3.63, 3.8) is 0 Å². The number of nitrogens with one attached hydrogen (secondary N) is 1. The predicted octanol–water partition coefficient (Wildman–Crippen LogP) is 4.54. The van der Waals surface area contributed by atoms with Gasteiger partial charge in [-0.3, -0.25) is 4.79 Å². The third-order valence-electron chi connectivity index (χ3n) is 4.51. The summed E-state index contributed by atoms with van der Waals surface area (Å²) >= 11 is 1.26. The summed E-state index contributed by atoms with van der Waals surface area (Å²) in [4.78, 5) is 40.8. The molecule has 0 spiro atoms. The Labute approximate surface area is 181 Å². The minimum atomic E-state index is -0.571. The van der Waals surface area contributed by atoms with Crippen LogP contribution in [0.2, 0.25) is 0 Å². The number of thiazole rings is 1. The van der Waals surface area contributed by atoms with Gasteiger partial charge in [0.15, 0.2) is 0 Å². The van der Waals surface area contributed by atoms with Crippen LogP contribution in [0.15, 0.2) is 63.8 Å². The van der Waals surface area contributed by atoms with E-state index in [0.717, 1.165) is 10.6 Å². The molecule has 4 aromatic rings. The summed E-state index contributed by atoms with van der Waals surface area (Å²) in [6.07, 6.45) is 0. The molecule has 0 radical (unpaired) electrons. The highest BCUT2D eigenvalue weighted by atomic mass is 32.1. The fourth-order valence-corrected chi connectivity index (χ4v) is 4.09. The second kappa shape index (κ2) is 8.53. The van der Waals surface area contributed by atoms with Crippen LogP contribution in [-0.4, -0.2) is 16.9 Å². The molecule has 156 valence electrons. The van der Waals surface area contributed by atoms with Crippen LogP contribution in [0.5, 0.6) is 0 Å². The molecular formula is C23H18N2O5S. The first-order chi connectivity index (χ1) is 14.9. The van der Waals surface area contributed by atoms with Crippen molar-refractivity contribution >= 4 is 39.9 Å². The molecular weight excluding hydrogens is 416 g/mol. The second-order valence-corrected chi connectivity index (χ2v) is 7.86. The average molecular weight is 434 g/mol. The van der Waals surface area contributed by atoms with E-state index in [2.05, 4.69) is 10.3 Å². The molecule has 7 nitrogen and oxygen atoms in total. The molecule has 0 unspecified atom stereocenters. The Morgan fingerprint density at radius 1 is 1.13 bits per heavy atom. The van der Waals surface area contributed by atoms with E-state index in [9.17, 15) is 14.4 Å². The van der Waals surface area contributed by atoms with Crippen LogP contribution in [-0.2, 0) is 16.1 Å². The third-order valence-corrected chi connectivity index (χ3v) is 5.70. The van der Waals surface area contributed by atoms with E-state index in [0.29, 0.717) is 32.8 Å². The molecule has 4 rings (SSSR count). The molecule has 0 atom stereocenters. The lowest BCUT2D eigenvalue weighted by molar-refractivity contribution is -0.114. The zero-order valence-electron chi connectivity index (χ0n) is 16.8. The van der Waals surface area contributed by atoms with Crippen LogP contribution < -0.4 is 10.9 Å². The molecule has 1 N–H and O–H groups in total. The van der Waals surface area contributed by atoms with Gasteiger partial charge >= 0.3 is 11.6 Å². The van der Waals surface area contributed by atoms with Gasteiger partial charge in [-0.1, -0.05) is 30.3 Å². The maximum Gasteiger partial charge on any atom is 0.350 e. The molecule has 0 aliphatic rings.